The molecule has 5 atom stereocenters. The zero-order valence-corrected chi connectivity index (χ0v) is 23.9. The summed E-state index contributed by atoms with van der Waals surface area (Å²) in [6.07, 6.45) is 5.41. The van der Waals surface area contributed by atoms with Gasteiger partial charge in [-0.1, -0.05) is 79.6 Å². The predicted molar refractivity (Wildman–Crippen MR) is 162 cm³/mol. The molecule has 2 fully saturated rings. The van der Waals surface area contributed by atoms with Gasteiger partial charge in [0, 0.05) is 42.2 Å². The van der Waals surface area contributed by atoms with Gasteiger partial charge < -0.3 is 20.3 Å². The van der Waals surface area contributed by atoms with Gasteiger partial charge in [0.05, 0.1) is 12.0 Å². The Morgan fingerprint density at radius 3 is 2.38 bits per heavy atom. The quantitative estimate of drug-likeness (QED) is 0.333. The number of anilines is 1. The molecular formula is C35H39N3O4. The van der Waals surface area contributed by atoms with Crippen LogP contribution in [0.5, 0.6) is 0 Å². The monoisotopic (exact) mass is 565 g/mol. The Kier molecular flexibility index (Phi) is 8.54. The molecule has 3 aromatic carbocycles. The van der Waals surface area contributed by atoms with E-state index in [2.05, 4.69) is 27.7 Å². The first-order valence-electron chi connectivity index (χ1n) is 15.3. The van der Waals surface area contributed by atoms with Crippen LogP contribution < -0.4 is 10.6 Å². The van der Waals surface area contributed by atoms with Crippen molar-refractivity contribution in [1.82, 2.24) is 10.2 Å². The molecule has 1 saturated heterocycles. The number of benzene rings is 3. The Morgan fingerprint density at radius 2 is 1.57 bits per heavy atom. The summed E-state index contributed by atoms with van der Waals surface area (Å²) in [6.45, 7) is 0.952. The van der Waals surface area contributed by atoms with E-state index in [-0.39, 0.29) is 54.4 Å². The first kappa shape index (κ1) is 28.0. The van der Waals surface area contributed by atoms with Crippen LogP contribution in [0.1, 0.15) is 72.5 Å². The minimum Gasteiger partial charge on any atom is -0.461 e. The number of fused-ring (bicyclic) bond motifs is 3. The average molecular weight is 566 g/mol. The maximum atomic E-state index is 14.3. The first-order valence-corrected chi connectivity index (χ1v) is 15.3. The summed E-state index contributed by atoms with van der Waals surface area (Å²) in [7, 11) is 0. The average Bonchev–Trinajstić information content (AvgIpc) is 3.49. The third-order valence-corrected chi connectivity index (χ3v) is 9.20. The highest BCUT2D eigenvalue weighted by Crippen LogP contribution is 2.48. The van der Waals surface area contributed by atoms with E-state index in [1.54, 1.807) is 0 Å². The number of carbonyl (C=O) groups is 3. The van der Waals surface area contributed by atoms with Crippen LogP contribution in [0.3, 0.4) is 0 Å². The van der Waals surface area contributed by atoms with E-state index < -0.39 is 0 Å². The van der Waals surface area contributed by atoms with Gasteiger partial charge in [-0.3, -0.25) is 14.4 Å². The van der Waals surface area contributed by atoms with Gasteiger partial charge in [-0.2, -0.15) is 0 Å². The number of amides is 2. The van der Waals surface area contributed by atoms with Gasteiger partial charge in [0.2, 0.25) is 5.91 Å². The van der Waals surface area contributed by atoms with E-state index in [0.29, 0.717) is 24.9 Å². The second kappa shape index (κ2) is 12.8. The molecule has 0 aromatic heterocycles. The van der Waals surface area contributed by atoms with Crippen molar-refractivity contribution in [3.05, 3.63) is 102 Å². The van der Waals surface area contributed by atoms with Gasteiger partial charge in [-0.15, -0.1) is 0 Å². The van der Waals surface area contributed by atoms with Crippen LogP contribution in [0.2, 0.25) is 0 Å². The van der Waals surface area contributed by atoms with E-state index in [1.165, 1.54) is 0 Å². The van der Waals surface area contributed by atoms with Crippen LogP contribution in [0.15, 0.2) is 84.9 Å². The Bertz CT molecular complexity index is 1400. The normalized spacial score (nSPS) is 24.6. The van der Waals surface area contributed by atoms with Gasteiger partial charge in [0.15, 0.2) is 0 Å². The molecule has 218 valence electrons. The molecule has 2 amide bonds. The molecule has 0 spiro atoms. The summed E-state index contributed by atoms with van der Waals surface area (Å²) in [6, 6.07) is 27.0. The molecule has 7 nitrogen and oxygen atoms in total. The zero-order valence-electron chi connectivity index (χ0n) is 23.9. The van der Waals surface area contributed by atoms with Gasteiger partial charge in [-0.25, -0.2) is 0 Å². The lowest BCUT2D eigenvalue weighted by atomic mass is 9.80. The van der Waals surface area contributed by atoms with Crippen LogP contribution in [0.4, 0.5) is 5.69 Å². The highest BCUT2D eigenvalue weighted by molar-refractivity contribution is 5.95. The number of nitrogens with one attached hydrogen (secondary N) is 2. The van der Waals surface area contributed by atoms with Crippen LogP contribution in [0, 0.1) is 11.8 Å². The Hall–Kier alpha value is -4.13. The largest absolute Gasteiger partial charge is 0.461 e. The number of hydrogen-bond acceptors (Lipinski definition) is 5. The lowest BCUT2D eigenvalue weighted by Gasteiger charge is -2.42. The number of para-hydroxylation sites is 1. The van der Waals surface area contributed by atoms with Crippen molar-refractivity contribution in [2.75, 3.05) is 11.9 Å². The molecule has 2 aliphatic heterocycles. The smallest absolute Gasteiger partial charge is 0.306 e. The fraction of sp³-hybridized carbons (Fsp3) is 0.400. The van der Waals surface area contributed by atoms with E-state index in [9.17, 15) is 14.4 Å². The molecule has 1 saturated carbocycles. The summed E-state index contributed by atoms with van der Waals surface area (Å²) >= 11 is 0. The Morgan fingerprint density at radius 1 is 0.857 bits per heavy atom. The molecule has 3 aliphatic rings. The molecule has 2 heterocycles. The number of likely N-dealkylation sites (tertiary alicyclic amines) is 1. The molecule has 2 N–H and O–H groups in total. The first-order chi connectivity index (χ1) is 20.6. The van der Waals surface area contributed by atoms with Gasteiger partial charge >= 0.3 is 5.97 Å². The van der Waals surface area contributed by atoms with Crippen LogP contribution >= 0.6 is 0 Å². The molecule has 1 aliphatic carbocycles. The third-order valence-electron chi connectivity index (χ3n) is 9.20. The van der Waals surface area contributed by atoms with Gasteiger partial charge in [-0.05, 0) is 55.0 Å². The summed E-state index contributed by atoms with van der Waals surface area (Å²) in [5, 5.41) is 6.88. The minimum absolute atomic E-state index is 0.0484. The van der Waals surface area contributed by atoms with Crippen molar-refractivity contribution in [2.45, 2.75) is 69.7 Å². The SMILES string of the molecule is O=C(CC[C@@H]1Nc2ccccc2[C@H]2[C@@H]1CCN2C(=O)[C@H]1CCCC[C@H]1NC(=O)c1ccccc1)OCc1ccccc1. The molecule has 0 radical (unpaired) electrons. The second-order valence-corrected chi connectivity index (χ2v) is 11.8. The Balaban J connectivity index is 1.15. The van der Waals surface area contributed by atoms with E-state index in [4.69, 9.17) is 4.74 Å². The molecule has 6 rings (SSSR count). The number of carbonyl (C=O) groups excluding carboxylic acids is 3. The summed E-state index contributed by atoms with van der Waals surface area (Å²) in [5.74, 6) is -0.226. The van der Waals surface area contributed by atoms with Crippen LogP contribution in [-0.2, 0) is 20.9 Å². The molecule has 0 unspecified atom stereocenters. The number of esters is 1. The zero-order chi connectivity index (χ0) is 28.9. The molecular weight excluding hydrogens is 526 g/mol. The number of rotatable bonds is 8. The third kappa shape index (κ3) is 6.06. The van der Waals surface area contributed by atoms with Crippen molar-refractivity contribution >= 4 is 23.5 Å². The van der Waals surface area contributed by atoms with Crippen LogP contribution in [0.25, 0.3) is 0 Å². The maximum Gasteiger partial charge on any atom is 0.306 e. The minimum atomic E-state index is -0.237. The summed E-state index contributed by atoms with van der Waals surface area (Å²) < 4.78 is 5.55. The van der Waals surface area contributed by atoms with Gasteiger partial charge in [0.25, 0.3) is 5.91 Å². The van der Waals surface area contributed by atoms with Crippen molar-refractivity contribution < 1.29 is 19.1 Å². The number of ether oxygens (including phenoxy) is 1. The van der Waals surface area contributed by atoms with Crippen LogP contribution in [-0.4, -0.2) is 41.3 Å². The predicted octanol–water partition coefficient (Wildman–Crippen LogP) is 5.88. The summed E-state index contributed by atoms with van der Waals surface area (Å²) in [4.78, 5) is 42.0. The second-order valence-electron chi connectivity index (χ2n) is 11.8. The van der Waals surface area contributed by atoms with Crippen molar-refractivity contribution in [2.24, 2.45) is 11.8 Å². The number of hydrogen-bond donors (Lipinski definition) is 2. The van der Waals surface area contributed by atoms with Gasteiger partial charge in [0.1, 0.15) is 6.61 Å². The summed E-state index contributed by atoms with van der Waals surface area (Å²) in [5.41, 5.74) is 3.75. The lowest BCUT2D eigenvalue weighted by molar-refractivity contribution is -0.145. The topological polar surface area (TPSA) is 87.7 Å². The van der Waals surface area contributed by atoms with Crippen molar-refractivity contribution in [1.29, 1.82) is 0 Å². The molecule has 3 aromatic rings. The highest BCUT2D eigenvalue weighted by Gasteiger charge is 2.48. The molecule has 7 heteroatoms. The highest BCUT2D eigenvalue weighted by atomic mass is 16.5. The van der Waals surface area contributed by atoms with Crippen molar-refractivity contribution in [3.8, 4) is 0 Å². The van der Waals surface area contributed by atoms with E-state index >= 15 is 0 Å². The lowest BCUT2D eigenvalue weighted by Crippen LogP contribution is -2.50. The fourth-order valence-electron chi connectivity index (χ4n) is 7.10. The maximum absolute atomic E-state index is 14.3. The Labute approximate surface area is 247 Å². The standard InChI is InChI=1S/C35H39N3O4/c39-32(42-23-24-11-3-1-4-12-24)20-19-31-27-21-22-38(33(27)26-15-7-9-17-29(26)36-31)35(41)28-16-8-10-18-30(28)37-34(40)25-13-5-2-6-14-25/h1-7,9,11-15,17,27-28,30-31,33,36H,8,10,16,18-23H2,(H,37,40)/t27-,28+,30-,31+,33+/m1/s1. The van der Waals surface area contributed by atoms with Crippen molar-refractivity contribution in [3.63, 3.8) is 0 Å². The fourth-order valence-corrected chi connectivity index (χ4v) is 7.10. The molecule has 42 heavy (non-hydrogen) atoms. The van der Waals surface area contributed by atoms with E-state index in [1.807, 2.05) is 72.8 Å². The van der Waals surface area contributed by atoms with E-state index in [0.717, 1.165) is 48.9 Å². The number of nitrogens with zero attached hydrogens (tertiary/aromatic N) is 1. The molecule has 0 bridgehead atoms.